The summed E-state index contributed by atoms with van der Waals surface area (Å²) in [5.41, 5.74) is 0.651. The number of anilines is 1. The van der Waals surface area contributed by atoms with E-state index in [9.17, 15) is 4.79 Å². The van der Waals surface area contributed by atoms with Crippen molar-refractivity contribution in [1.29, 1.82) is 5.26 Å². The van der Waals surface area contributed by atoms with Gasteiger partial charge in [0.25, 0.3) is 0 Å². The summed E-state index contributed by atoms with van der Waals surface area (Å²) in [5.74, 6) is 1.17. The van der Waals surface area contributed by atoms with Crippen LogP contribution in [0.3, 0.4) is 0 Å². The summed E-state index contributed by atoms with van der Waals surface area (Å²) in [6.07, 6.45) is 3.92. The van der Waals surface area contributed by atoms with E-state index in [0.717, 1.165) is 44.8 Å². The minimum Gasteiger partial charge on any atom is -0.356 e. The molecule has 1 aromatic heterocycles. The molecule has 5 heteroatoms. The topological polar surface area (TPSA) is 60.2 Å². The van der Waals surface area contributed by atoms with E-state index in [-0.39, 0.29) is 11.3 Å². The van der Waals surface area contributed by atoms with Crippen LogP contribution in [0.4, 0.5) is 5.82 Å². The summed E-state index contributed by atoms with van der Waals surface area (Å²) >= 11 is 0. The van der Waals surface area contributed by atoms with Gasteiger partial charge in [-0.15, -0.1) is 0 Å². The quantitative estimate of drug-likeness (QED) is 0.839. The fraction of sp³-hybridized carbons (Fsp3) is 0.588. The van der Waals surface area contributed by atoms with Gasteiger partial charge in [-0.25, -0.2) is 4.98 Å². The van der Waals surface area contributed by atoms with Crippen LogP contribution in [0.25, 0.3) is 0 Å². The van der Waals surface area contributed by atoms with Gasteiger partial charge in [-0.2, -0.15) is 5.26 Å². The number of aromatic nitrogens is 1. The predicted octanol–water partition coefficient (Wildman–Crippen LogP) is 2.18. The number of hydrogen-bond donors (Lipinski definition) is 0. The Balaban J connectivity index is 1.79. The lowest BCUT2D eigenvalue weighted by atomic mass is 9.73. The van der Waals surface area contributed by atoms with Crippen LogP contribution in [0.15, 0.2) is 18.2 Å². The van der Waals surface area contributed by atoms with E-state index in [0.29, 0.717) is 12.1 Å². The molecule has 0 aromatic carbocycles. The van der Waals surface area contributed by atoms with E-state index in [1.54, 1.807) is 6.07 Å². The monoisotopic (exact) mass is 298 g/mol. The number of pyridine rings is 1. The van der Waals surface area contributed by atoms with Crippen molar-refractivity contribution in [2.75, 3.05) is 31.1 Å². The van der Waals surface area contributed by atoms with Gasteiger partial charge in [0, 0.05) is 38.0 Å². The largest absolute Gasteiger partial charge is 0.356 e. The van der Waals surface area contributed by atoms with Crippen LogP contribution in [0.1, 0.15) is 38.3 Å². The molecule has 5 nitrogen and oxygen atoms in total. The minimum absolute atomic E-state index is 0.187. The molecule has 116 valence electrons. The summed E-state index contributed by atoms with van der Waals surface area (Å²) in [5, 5.41) is 9.02. The molecule has 0 saturated carbocycles. The minimum atomic E-state index is 0.187. The third kappa shape index (κ3) is 2.78. The molecular weight excluding hydrogens is 276 g/mol. The lowest BCUT2D eigenvalue weighted by Gasteiger charge is -2.48. The molecule has 0 unspecified atom stereocenters. The molecule has 1 atom stereocenters. The second-order valence-electron chi connectivity index (χ2n) is 6.43. The smallest absolute Gasteiger partial charge is 0.222 e. The molecule has 2 aliphatic rings. The highest BCUT2D eigenvalue weighted by molar-refractivity contribution is 5.77. The van der Waals surface area contributed by atoms with E-state index >= 15 is 0 Å². The normalized spacial score (nSPS) is 25.4. The van der Waals surface area contributed by atoms with Crippen LogP contribution >= 0.6 is 0 Å². The van der Waals surface area contributed by atoms with Crippen molar-refractivity contribution in [3.05, 3.63) is 23.9 Å². The van der Waals surface area contributed by atoms with Crippen molar-refractivity contribution in [2.45, 2.75) is 32.6 Å². The number of likely N-dealkylation sites (tertiary alicyclic amines) is 1. The van der Waals surface area contributed by atoms with Crippen LogP contribution in [-0.2, 0) is 4.79 Å². The number of amides is 1. The van der Waals surface area contributed by atoms with E-state index in [2.05, 4.69) is 22.9 Å². The summed E-state index contributed by atoms with van der Waals surface area (Å²) in [6, 6.07) is 7.72. The Labute approximate surface area is 131 Å². The average molecular weight is 298 g/mol. The molecule has 3 heterocycles. The van der Waals surface area contributed by atoms with Gasteiger partial charge in [0.15, 0.2) is 0 Å². The standard InChI is InChI=1S/C17H22N4O/c1-2-20-12-17(9-7-16(20)22)8-4-10-21(13-17)15-6-3-5-14(11-18)19-15/h3,5-6H,2,4,7-10,12-13H2,1H3/t17-/m0/s1. The third-order valence-electron chi connectivity index (χ3n) is 4.96. The number of rotatable bonds is 2. The summed E-state index contributed by atoms with van der Waals surface area (Å²) in [4.78, 5) is 20.7. The van der Waals surface area contributed by atoms with E-state index in [1.165, 1.54) is 6.42 Å². The lowest BCUT2D eigenvalue weighted by Crippen LogP contribution is -2.54. The zero-order chi connectivity index (χ0) is 15.6. The van der Waals surface area contributed by atoms with Gasteiger partial charge in [-0.05, 0) is 38.3 Å². The first-order chi connectivity index (χ1) is 10.7. The second kappa shape index (κ2) is 5.96. The van der Waals surface area contributed by atoms with Gasteiger partial charge in [-0.3, -0.25) is 4.79 Å². The Hall–Kier alpha value is -2.09. The second-order valence-corrected chi connectivity index (χ2v) is 6.43. The lowest BCUT2D eigenvalue weighted by molar-refractivity contribution is -0.137. The first-order valence-electron chi connectivity index (χ1n) is 8.06. The van der Waals surface area contributed by atoms with Crippen LogP contribution in [0.2, 0.25) is 0 Å². The fourth-order valence-corrected chi connectivity index (χ4v) is 3.79. The predicted molar refractivity (Wildman–Crippen MR) is 84.3 cm³/mol. The van der Waals surface area contributed by atoms with E-state index < -0.39 is 0 Å². The highest BCUT2D eigenvalue weighted by Gasteiger charge is 2.41. The third-order valence-corrected chi connectivity index (χ3v) is 4.96. The van der Waals surface area contributed by atoms with Gasteiger partial charge in [-0.1, -0.05) is 6.07 Å². The zero-order valence-electron chi connectivity index (χ0n) is 13.1. The highest BCUT2D eigenvalue weighted by Crippen LogP contribution is 2.39. The summed E-state index contributed by atoms with van der Waals surface area (Å²) < 4.78 is 0. The van der Waals surface area contributed by atoms with Crippen LogP contribution in [0, 0.1) is 16.7 Å². The number of nitrogens with zero attached hydrogens (tertiary/aromatic N) is 4. The Morgan fingerprint density at radius 3 is 3.00 bits per heavy atom. The van der Waals surface area contributed by atoms with Crippen molar-refractivity contribution in [3.63, 3.8) is 0 Å². The van der Waals surface area contributed by atoms with Gasteiger partial charge in [0.1, 0.15) is 17.6 Å². The molecule has 1 amide bonds. The SMILES string of the molecule is CCN1C[C@]2(CCCN(c3cccc(C#N)n3)C2)CCC1=O. The molecule has 0 aliphatic carbocycles. The van der Waals surface area contributed by atoms with Crippen molar-refractivity contribution in [3.8, 4) is 6.07 Å². The maximum Gasteiger partial charge on any atom is 0.222 e. The maximum absolute atomic E-state index is 12.0. The maximum atomic E-state index is 12.0. The molecule has 3 rings (SSSR count). The van der Waals surface area contributed by atoms with Crippen molar-refractivity contribution in [2.24, 2.45) is 5.41 Å². The Kier molecular flexibility index (Phi) is 4.02. The number of hydrogen-bond acceptors (Lipinski definition) is 4. The van der Waals surface area contributed by atoms with Crippen molar-refractivity contribution < 1.29 is 4.79 Å². The molecule has 1 aromatic rings. The van der Waals surface area contributed by atoms with Crippen molar-refractivity contribution in [1.82, 2.24) is 9.88 Å². The number of carbonyl (C=O) groups excluding carboxylic acids is 1. The Morgan fingerprint density at radius 2 is 2.23 bits per heavy atom. The summed E-state index contributed by atoms with van der Waals surface area (Å²) in [7, 11) is 0. The first kappa shape index (κ1) is 14.8. The Bertz CT molecular complexity index is 609. The average Bonchev–Trinajstić information content (AvgIpc) is 2.57. The highest BCUT2D eigenvalue weighted by atomic mass is 16.2. The molecule has 2 saturated heterocycles. The van der Waals surface area contributed by atoms with Gasteiger partial charge < -0.3 is 9.80 Å². The molecule has 1 spiro atoms. The number of nitriles is 1. The molecule has 2 fully saturated rings. The molecule has 0 radical (unpaired) electrons. The Morgan fingerprint density at radius 1 is 1.36 bits per heavy atom. The summed E-state index contributed by atoms with van der Waals surface area (Å²) in [6.45, 7) is 5.61. The first-order valence-corrected chi connectivity index (χ1v) is 8.06. The number of piperidine rings is 2. The zero-order valence-corrected chi connectivity index (χ0v) is 13.1. The molecule has 22 heavy (non-hydrogen) atoms. The van der Waals surface area contributed by atoms with Crippen molar-refractivity contribution >= 4 is 11.7 Å². The van der Waals surface area contributed by atoms with E-state index in [4.69, 9.17) is 5.26 Å². The van der Waals surface area contributed by atoms with Crippen LogP contribution < -0.4 is 4.90 Å². The molecular formula is C17H22N4O. The molecule has 2 aliphatic heterocycles. The van der Waals surface area contributed by atoms with Crippen LogP contribution in [0.5, 0.6) is 0 Å². The van der Waals surface area contributed by atoms with Crippen LogP contribution in [-0.4, -0.2) is 42.0 Å². The van der Waals surface area contributed by atoms with E-state index in [1.807, 2.05) is 17.0 Å². The number of carbonyl (C=O) groups is 1. The fourth-order valence-electron chi connectivity index (χ4n) is 3.79. The van der Waals surface area contributed by atoms with Gasteiger partial charge in [0.2, 0.25) is 5.91 Å². The van der Waals surface area contributed by atoms with Gasteiger partial charge >= 0.3 is 0 Å². The molecule has 0 bridgehead atoms. The van der Waals surface area contributed by atoms with Gasteiger partial charge in [0.05, 0.1) is 0 Å². The molecule has 0 N–H and O–H groups in total.